The lowest BCUT2D eigenvalue weighted by Gasteiger charge is -2.26. The van der Waals surface area contributed by atoms with Crippen LogP contribution in [0.2, 0.25) is 0 Å². The fourth-order valence-corrected chi connectivity index (χ4v) is 6.76. The predicted molar refractivity (Wildman–Crippen MR) is 107 cm³/mol. The van der Waals surface area contributed by atoms with Crippen LogP contribution in [-0.4, -0.2) is 14.3 Å². The van der Waals surface area contributed by atoms with Crippen LogP contribution in [0, 0.1) is 29.1 Å². The van der Waals surface area contributed by atoms with Crippen molar-refractivity contribution >= 4 is 0 Å². The molecule has 4 aliphatic rings. The molecule has 1 heterocycles. The van der Waals surface area contributed by atoms with Crippen LogP contribution >= 0.6 is 0 Å². The minimum atomic E-state index is -0.349. The van der Waals surface area contributed by atoms with E-state index >= 15 is 0 Å². The van der Waals surface area contributed by atoms with Crippen molar-refractivity contribution in [3.8, 4) is 5.69 Å². The van der Waals surface area contributed by atoms with Gasteiger partial charge in [-0.3, -0.25) is 0 Å². The number of nitrogens with one attached hydrogen (secondary N) is 1. The Morgan fingerprint density at radius 2 is 1.79 bits per heavy atom. The van der Waals surface area contributed by atoms with Crippen molar-refractivity contribution in [2.45, 2.75) is 39.2 Å². The van der Waals surface area contributed by atoms with Crippen LogP contribution in [0.15, 0.2) is 63.2 Å². The Labute approximate surface area is 163 Å². The fourth-order valence-electron chi connectivity index (χ4n) is 6.76. The van der Waals surface area contributed by atoms with Gasteiger partial charge in [-0.15, -0.1) is 0 Å². The summed E-state index contributed by atoms with van der Waals surface area (Å²) in [4.78, 5) is 26.0. The van der Waals surface area contributed by atoms with Gasteiger partial charge >= 0.3 is 11.4 Å². The number of rotatable bonds is 2. The van der Waals surface area contributed by atoms with Gasteiger partial charge in [-0.2, -0.15) is 0 Å². The Morgan fingerprint density at radius 3 is 2.46 bits per heavy atom. The summed E-state index contributed by atoms with van der Waals surface area (Å²) in [6.07, 6.45) is 8.35. The molecule has 6 rings (SSSR count). The Kier molecular flexibility index (Phi) is 3.09. The summed E-state index contributed by atoms with van der Waals surface area (Å²) in [5, 5.41) is 2.90. The third-order valence-electron chi connectivity index (χ3n) is 7.98. The van der Waals surface area contributed by atoms with Gasteiger partial charge in [0.1, 0.15) is 0 Å². The number of aromatic nitrogens is 3. The SMILES string of the molecule is CC(C)=C1C[C@H](n2[nH]c(=O)n(-c3ccccc3)c2=O)[C@@H]2[C@@H]1[C@H]1C=C[C@H]2C12CC2. The molecule has 2 bridgehead atoms. The van der Waals surface area contributed by atoms with E-state index in [0.29, 0.717) is 34.8 Å². The van der Waals surface area contributed by atoms with Crippen LogP contribution < -0.4 is 11.4 Å². The highest BCUT2D eigenvalue weighted by Gasteiger charge is 2.70. The molecule has 0 amide bonds. The lowest BCUT2D eigenvalue weighted by atomic mass is 9.82. The normalized spacial score (nSPS) is 33.6. The average Bonchev–Trinajstić information content (AvgIpc) is 3.02. The summed E-state index contributed by atoms with van der Waals surface area (Å²) >= 11 is 0. The van der Waals surface area contributed by atoms with Crippen LogP contribution in [-0.2, 0) is 0 Å². The molecule has 0 saturated heterocycles. The molecule has 4 aliphatic carbocycles. The lowest BCUT2D eigenvalue weighted by Crippen LogP contribution is -2.32. The number of hydrogen-bond acceptors (Lipinski definition) is 2. The van der Waals surface area contributed by atoms with Crippen molar-refractivity contribution in [1.29, 1.82) is 0 Å². The first kappa shape index (κ1) is 16.4. The minimum Gasteiger partial charge on any atom is -0.246 e. The largest absolute Gasteiger partial charge is 0.351 e. The van der Waals surface area contributed by atoms with Crippen molar-refractivity contribution in [1.82, 2.24) is 14.3 Å². The molecule has 0 aliphatic heterocycles. The number of para-hydroxylation sites is 1. The predicted octanol–water partition coefficient (Wildman–Crippen LogP) is 3.44. The zero-order chi connectivity index (χ0) is 19.2. The maximum atomic E-state index is 13.3. The molecule has 0 radical (unpaired) electrons. The minimum absolute atomic E-state index is 0.0393. The monoisotopic (exact) mass is 375 g/mol. The molecule has 5 nitrogen and oxygen atoms in total. The van der Waals surface area contributed by atoms with E-state index in [9.17, 15) is 9.59 Å². The zero-order valence-corrected chi connectivity index (χ0v) is 16.3. The summed E-state index contributed by atoms with van der Waals surface area (Å²) in [6.45, 7) is 4.40. The Morgan fingerprint density at radius 1 is 1.07 bits per heavy atom. The number of aromatic amines is 1. The molecule has 0 unspecified atom stereocenters. The van der Waals surface area contributed by atoms with Crippen LogP contribution in [0.3, 0.4) is 0 Å². The fraction of sp³-hybridized carbons (Fsp3) is 0.478. The van der Waals surface area contributed by atoms with E-state index in [4.69, 9.17) is 0 Å². The molecular weight excluding hydrogens is 350 g/mol. The van der Waals surface area contributed by atoms with Gasteiger partial charge in [0.15, 0.2) is 0 Å². The maximum absolute atomic E-state index is 13.3. The number of fused-ring (bicyclic) bond motifs is 3. The topological polar surface area (TPSA) is 59.8 Å². The summed E-state index contributed by atoms with van der Waals surface area (Å²) < 4.78 is 2.92. The highest BCUT2D eigenvalue weighted by molar-refractivity contribution is 5.39. The lowest BCUT2D eigenvalue weighted by molar-refractivity contribution is 0.254. The van der Waals surface area contributed by atoms with Gasteiger partial charge in [-0.1, -0.05) is 41.5 Å². The summed E-state index contributed by atoms with van der Waals surface area (Å²) in [5.74, 6) is 2.11. The van der Waals surface area contributed by atoms with Crippen molar-refractivity contribution in [2.24, 2.45) is 29.1 Å². The maximum Gasteiger partial charge on any atom is 0.351 e. The zero-order valence-electron chi connectivity index (χ0n) is 16.3. The molecule has 3 saturated carbocycles. The molecular formula is C23H25N3O2. The Hall–Kier alpha value is -2.56. The van der Waals surface area contributed by atoms with Gasteiger partial charge < -0.3 is 0 Å². The summed E-state index contributed by atoms with van der Waals surface area (Å²) in [6, 6.07) is 9.24. The number of hydrogen-bond donors (Lipinski definition) is 1. The van der Waals surface area contributed by atoms with Gasteiger partial charge in [0, 0.05) is 0 Å². The third-order valence-corrected chi connectivity index (χ3v) is 7.98. The van der Waals surface area contributed by atoms with Gasteiger partial charge in [0.05, 0.1) is 11.7 Å². The van der Waals surface area contributed by atoms with E-state index in [-0.39, 0.29) is 17.4 Å². The smallest absolute Gasteiger partial charge is 0.246 e. The van der Waals surface area contributed by atoms with E-state index < -0.39 is 0 Å². The third kappa shape index (κ3) is 1.87. The molecule has 1 N–H and O–H groups in total. The van der Waals surface area contributed by atoms with Gasteiger partial charge in [-0.05, 0) is 74.3 Å². The van der Waals surface area contributed by atoms with E-state index in [0.717, 1.165) is 6.42 Å². The van der Waals surface area contributed by atoms with Gasteiger partial charge in [-0.25, -0.2) is 23.9 Å². The van der Waals surface area contributed by atoms with E-state index in [1.165, 1.54) is 28.6 Å². The highest BCUT2D eigenvalue weighted by atomic mass is 16.2. The van der Waals surface area contributed by atoms with Crippen molar-refractivity contribution in [3.63, 3.8) is 0 Å². The van der Waals surface area contributed by atoms with Crippen LogP contribution in [0.5, 0.6) is 0 Å². The average molecular weight is 375 g/mol. The first-order valence-corrected chi connectivity index (χ1v) is 10.4. The number of H-pyrrole nitrogens is 1. The molecule has 1 aromatic carbocycles. The number of allylic oxidation sites excluding steroid dienone is 4. The first-order valence-electron chi connectivity index (χ1n) is 10.4. The second-order valence-electron chi connectivity index (χ2n) is 9.31. The van der Waals surface area contributed by atoms with Gasteiger partial charge in [0.2, 0.25) is 0 Å². The molecule has 28 heavy (non-hydrogen) atoms. The van der Waals surface area contributed by atoms with Crippen molar-refractivity contribution in [3.05, 3.63) is 74.6 Å². The van der Waals surface area contributed by atoms with Crippen molar-refractivity contribution in [2.75, 3.05) is 0 Å². The van der Waals surface area contributed by atoms with E-state index in [2.05, 4.69) is 31.1 Å². The first-order chi connectivity index (χ1) is 13.5. The number of nitrogens with zero attached hydrogens (tertiary/aromatic N) is 2. The van der Waals surface area contributed by atoms with Crippen LogP contribution in [0.25, 0.3) is 5.69 Å². The second-order valence-corrected chi connectivity index (χ2v) is 9.31. The van der Waals surface area contributed by atoms with Crippen molar-refractivity contribution < 1.29 is 0 Å². The van der Waals surface area contributed by atoms with Gasteiger partial charge in [0.25, 0.3) is 0 Å². The molecule has 5 heteroatoms. The second kappa shape index (κ2) is 5.28. The summed E-state index contributed by atoms with van der Waals surface area (Å²) in [5.41, 5.74) is 3.37. The summed E-state index contributed by atoms with van der Waals surface area (Å²) in [7, 11) is 0. The molecule has 2 aromatic rings. The molecule has 3 fully saturated rings. The standard InChI is InChI=1S/C23H25N3O2/c1-13(2)15-12-18(20-17-9-8-16(19(15)20)23(17)10-11-23)26-22(28)25(21(27)24-26)14-6-4-3-5-7-14/h3-9,16-20H,10-12H2,1-2H3,(H,24,27)/t16-,17-,18+,19+,20-/m1/s1. The van der Waals surface area contributed by atoms with Crippen LogP contribution in [0.4, 0.5) is 0 Å². The Bertz CT molecular complexity index is 1140. The Balaban J connectivity index is 1.50. The van der Waals surface area contributed by atoms with E-state index in [1.807, 2.05) is 18.2 Å². The molecule has 1 spiro atoms. The molecule has 1 aromatic heterocycles. The van der Waals surface area contributed by atoms with Crippen LogP contribution in [0.1, 0.15) is 39.2 Å². The van der Waals surface area contributed by atoms with E-state index in [1.54, 1.807) is 16.8 Å². The quantitative estimate of drug-likeness (QED) is 0.818. The molecule has 5 atom stereocenters. The highest BCUT2D eigenvalue weighted by Crippen LogP contribution is 2.77. The number of benzene rings is 1. The molecule has 144 valence electrons.